The molecule has 0 spiro atoms. The van der Waals surface area contributed by atoms with Crippen LogP contribution < -0.4 is 5.32 Å². The van der Waals surface area contributed by atoms with Gasteiger partial charge in [0.2, 0.25) is 0 Å². The average Bonchev–Trinajstić information content (AvgIpc) is 3.47. The van der Waals surface area contributed by atoms with E-state index in [1.54, 1.807) is 16.8 Å². The molecule has 1 aliphatic carbocycles. The Morgan fingerprint density at radius 3 is 2.72 bits per heavy atom. The van der Waals surface area contributed by atoms with E-state index in [1.165, 1.54) is 43.0 Å². The Kier molecular flexibility index (Phi) is 10.4. The number of unbranched alkanes of at least 4 members (excludes halogenated alkanes) is 3. The van der Waals surface area contributed by atoms with E-state index in [4.69, 9.17) is 28.3 Å². The summed E-state index contributed by atoms with van der Waals surface area (Å²) in [5.74, 6) is 0.511. The number of rotatable bonds is 10. The summed E-state index contributed by atoms with van der Waals surface area (Å²) in [4.78, 5) is 13.1. The predicted octanol–water partition coefficient (Wildman–Crippen LogP) is 8.57. The molecule has 192 valence electrons. The third-order valence-corrected chi connectivity index (χ3v) is 10.0. The Hall–Kier alpha value is -1.30. The average molecular weight is 656 g/mol. The molecular formula is C28H32BrCl2N3OSe. The van der Waals surface area contributed by atoms with Gasteiger partial charge >= 0.3 is 240 Å². The maximum atomic E-state index is 13.1. The first-order valence-corrected chi connectivity index (χ1v) is 16.0. The van der Waals surface area contributed by atoms with E-state index in [0.717, 1.165) is 29.4 Å². The van der Waals surface area contributed by atoms with Gasteiger partial charge in [-0.2, -0.15) is 0 Å². The van der Waals surface area contributed by atoms with Crippen LogP contribution in [0.2, 0.25) is 10.0 Å². The molecule has 36 heavy (non-hydrogen) atoms. The van der Waals surface area contributed by atoms with Crippen molar-refractivity contribution in [1.29, 1.82) is 0 Å². The van der Waals surface area contributed by atoms with E-state index in [1.807, 2.05) is 6.07 Å². The number of carbonyl (C=O) groups is 1. The van der Waals surface area contributed by atoms with E-state index in [9.17, 15) is 4.79 Å². The molecule has 2 aromatic heterocycles. The summed E-state index contributed by atoms with van der Waals surface area (Å²) in [5.41, 5.74) is 1.93. The molecule has 3 aromatic rings. The van der Waals surface area contributed by atoms with Crippen LogP contribution in [0.4, 0.5) is 0 Å². The van der Waals surface area contributed by atoms with Crippen LogP contribution in [0.25, 0.3) is 21.9 Å². The molecule has 4 rings (SSSR count). The molecule has 1 N–H and O–H groups in total. The van der Waals surface area contributed by atoms with Gasteiger partial charge in [0.1, 0.15) is 0 Å². The fraction of sp³-hybridized carbons (Fsp3) is 0.429. The van der Waals surface area contributed by atoms with Crippen molar-refractivity contribution >= 4 is 65.6 Å². The Labute approximate surface area is 238 Å². The normalized spacial score (nSPS) is 14.6. The van der Waals surface area contributed by atoms with Crippen LogP contribution >= 0.6 is 39.1 Å². The van der Waals surface area contributed by atoms with Gasteiger partial charge in [0.25, 0.3) is 0 Å². The van der Waals surface area contributed by atoms with Crippen LogP contribution in [0, 0.1) is 5.92 Å². The Morgan fingerprint density at radius 1 is 1.17 bits per heavy atom. The van der Waals surface area contributed by atoms with Crippen LogP contribution in [0.15, 0.2) is 40.9 Å². The zero-order valence-electron chi connectivity index (χ0n) is 20.5. The minimum absolute atomic E-state index is 0.0955. The van der Waals surface area contributed by atoms with Gasteiger partial charge in [0.15, 0.2) is 0 Å². The summed E-state index contributed by atoms with van der Waals surface area (Å²) in [6.07, 6.45) is 15.7. The summed E-state index contributed by atoms with van der Waals surface area (Å²) >= 11 is 16.6. The van der Waals surface area contributed by atoms with E-state index < -0.39 is 0 Å². The number of amides is 1. The van der Waals surface area contributed by atoms with Crippen molar-refractivity contribution in [2.24, 2.45) is 5.92 Å². The number of halogens is 3. The molecule has 4 nitrogen and oxygen atoms in total. The molecule has 1 saturated carbocycles. The van der Waals surface area contributed by atoms with Gasteiger partial charge in [0, 0.05) is 0 Å². The molecule has 0 aliphatic heterocycles. The van der Waals surface area contributed by atoms with Gasteiger partial charge in [-0.25, -0.2) is 0 Å². The molecular weight excluding hydrogens is 624 g/mol. The van der Waals surface area contributed by atoms with Gasteiger partial charge < -0.3 is 0 Å². The number of carbonyl (C=O) groups excluding carboxylic acids is 1. The summed E-state index contributed by atoms with van der Waals surface area (Å²) in [7, 11) is 0. The van der Waals surface area contributed by atoms with Crippen LogP contribution in [-0.4, -0.2) is 36.7 Å². The second-order valence-electron chi connectivity index (χ2n) is 9.29. The molecule has 0 unspecified atom stereocenters. The van der Waals surface area contributed by atoms with E-state index in [2.05, 4.69) is 52.5 Å². The quantitative estimate of drug-likeness (QED) is 0.176. The van der Waals surface area contributed by atoms with Crippen molar-refractivity contribution < 1.29 is 4.79 Å². The minimum atomic E-state index is -0.181. The van der Waals surface area contributed by atoms with Gasteiger partial charge in [-0.3, -0.25) is 0 Å². The molecule has 0 saturated heterocycles. The molecule has 2 heterocycles. The Morgan fingerprint density at radius 2 is 1.97 bits per heavy atom. The van der Waals surface area contributed by atoms with E-state index >= 15 is 0 Å². The van der Waals surface area contributed by atoms with E-state index in [-0.39, 0.29) is 20.4 Å². The van der Waals surface area contributed by atoms with Crippen LogP contribution in [0.3, 0.4) is 0 Å². The van der Waals surface area contributed by atoms with Crippen molar-refractivity contribution in [2.75, 3.05) is 6.54 Å². The van der Waals surface area contributed by atoms with Crippen LogP contribution in [-0.2, 0) is 0 Å². The molecule has 1 amide bonds. The van der Waals surface area contributed by atoms with Crippen molar-refractivity contribution in [2.45, 2.75) is 64.7 Å². The molecule has 0 bridgehead atoms. The molecule has 0 atom stereocenters. The van der Waals surface area contributed by atoms with Crippen LogP contribution in [0.1, 0.15) is 79.6 Å². The second kappa shape index (κ2) is 13.5. The predicted molar refractivity (Wildman–Crippen MR) is 156 cm³/mol. The van der Waals surface area contributed by atoms with Gasteiger partial charge in [-0.1, -0.05) is 0 Å². The molecule has 1 fully saturated rings. The number of hydrogen-bond donors (Lipinski definition) is 1. The zero-order valence-corrected chi connectivity index (χ0v) is 25.3. The molecule has 1 aromatic carbocycles. The summed E-state index contributed by atoms with van der Waals surface area (Å²) in [6, 6.07) is 9.68. The third kappa shape index (κ3) is 6.96. The molecule has 8 heteroatoms. The van der Waals surface area contributed by atoms with E-state index in [0.29, 0.717) is 38.4 Å². The number of nitrogens with zero attached hydrogens (tertiary/aromatic N) is 2. The first kappa shape index (κ1) is 27.7. The van der Waals surface area contributed by atoms with Crippen molar-refractivity contribution in [1.82, 2.24) is 15.1 Å². The van der Waals surface area contributed by atoms with Crippen LogP contribution in [0.5, 0.6) is 0 Å². The number of hydrogen-bond acceptors (Lipinski definition) is 2. The maximum absolute atomic E-state index is 13.1. The zero-order chi connectivity index (χ0) is 25.5. The number of nitrogens with one attached hydrogen (secondary N) is 1. The first-order chi connectivity index (χ1) is 17.5. The fourth-order valence-corrected chi connectivity index (χ4v) is 7.98. The molecule has 1 aliphatic rings. The van der Waals surface area contributed by atoms with Gasteiger partial charge in [-0.05, 0) is 0 Å². The topological polar surface area (TPSA) is 46.9 Å². The van der Waals surface area contributed by atoms with Crippen molar-refractivity contribution in [3.63, 3.8) is 0 Å². The Bertz CT molecular complexity index is 1210. The standard InChI is InChI=1S/C28H32BrCl2N3OSe/c1-2-3-4-8-17-32-28(35)26-25(29)27(34(33-26)23-15-12-20(30)18-22(23)31)24-16-14-21(36-24)13-11-19-9-6-5-7-10-19/h11-16,18-19H,2-10,17H2,1H3,(H,32,35). The fourth-order valence-electron chi connectivity index (χ4n) is 4.55. The first-order valence-electron chi connectivity index (χ1n) is 12.8. The summed E-state index contributed by atoms with van der Waals surface area (Å²) < 4.78 is 4.95. The number of allylic oxidation sites excluding steroid dienone is 1. The number of benzene rings is 1. The Balaban J connectivity index is 1.65. The summed E-state index contributed by atoms with van der Waals surface area (Å²) in [5, 5.41) is 8.81. The summed E-state index contributed by atoms with van der Waals surface area (Å²) in [6.45, 7) is 2.82. The monoisotopic (exact) mass is 655 g/mol. The van der Waals surface area contributed by atoms with Gasteiger partial charge in [0.05, 0.1) is 0 Å². The van der Waals surface area contributed by atoms with Gasteiger partial charge in [-0.15, -0.1) is 0 Å². The van der Waals surface area contributed by atoms with Crippen molar-refractivity contribution in [3.05, 3.63) is 61.1 Å². The SMILES string of the molecule is CCCCCCNC(=O)c1nn(-c2ccc(Cl)cc2Cl)c(-c2ccc(C=CC3CCCCC3)[se]2)c1Br. The number of aromatic nitrogens is 2. The molecule has 0 radical (unpaired) electrons. The van der Waals surface area contributed by atoms with Crippen molar-refractivity contribution in [3.8, 4) is 15.8 Å². The second-order valence-corrected chi connectivity index (χ2v) is 13.3. The third-order valence-electron chi connectivity index (χ3n) is 6.54.